The molecule has 2 nitrogen and oxygen atoms in total. The maximum absolute atomic E-state index is 12.8. The van der Waals surface area contributed by atoms with Crippen molar-refractivity contribution >= 4 is 17.5 Å². The SMILES string of the molecule is O=C(C[C@@H]1CC1(F)F)NCC1(c2ccc(Cl)cc2)CC1. The molecule has 0 unspecified atom stereocenters. The summed E-state index contributed by atoms with van der Waals surface area (Å²) in [6, 6.07) is 7.61. The van der Waals surface area contributed by atoms with Crippen molar-refractivity contribution in [2.45, 2.75) is 37.0 Å². The van der Waals surface area contributed by atoms with Crippen LogP contribution in [0.4, 0.5) is 8.78 Å². The molecule has 1 aromatic rings. The Hall–Kier alpha value is -1.16. The van der Waals surface area contributed by atoms with Crippen molar-refractivity contribution in [1.82, 2.24) is 5.32 Å². The average Bonchev–Trinajstić information content (AvgIpc) is 3.27. The molecular weight excluding hydrogens is 284 g/mol. The van der Waals surface area contributed by atoms with Crippen molar-refractivity contribution in [3.8, 4) is 0 Å². The monoisotopic (exact) mass is 299 g/mol. The highest BCUT2D eigenvalue weighted by Crippen LogP contribution is 2.51. The third-order valence-corrected chi connectivity index (χ3v) is 4.57. The van der Waals surface area contributed by atoms with E-state index in [2.05, 4.69) is 5.32 Å². The number of carbonyl (C=O) groups excluding carboxylic acids is 1. The van der Waals surface area contributed by atoms with Gasteiger partial charge in [0.1, 0.15) is 0 Å². The van der Waals surface area contributed by atoms with Crippen LogP contribution in [0.5, 0.6) is 0 Å². The first-order valence-corrected chi connectivity index (χ1v) is 7.20. The molecular formula is C15H16ClF2NO. The molecule has 0 aromatic heterocycles. The molecule has 1 N–H and O–H groups in total. The van der Waals surface area contributed by atoms with E-state index < -0.39 is 11.8 Å². The van der Waals surface area contributed by atoms with Crippen LogP contribution in [0.1, 0.15) is 31.2 Å². The molecule has 0 spiro atoms. The lowest BCUT2D eigenvalue weighted by molar-refractivity contribution is -0.122. The predicted molar refractivity (Wildman–Crippen MR) is 73.0 cm³/mol. The Balaban J connectivity index is 1.53. The zero-order valence-electron chi connectivity index (χ0n) is 11.0. The zero-order chi connectivity index (χ0) is 14.4. The van der Waals surface area contributed by atoms with Crippen LogP contribution in [0, 0.1) is 5.92 Å². The van der Waals surface area contributed by atoms with E-state index in [4.69, 9.17) is 11.6 Å². The lowest BCUT2D eigenvalue weighted by atomic mass is 9.96. The Labute approximate surface area is 121 Å². The summed E-state index contributed by atoms with van der Waals surface area (Å²) >= 11 is 5.86. The van der Waals surface area contributed by atoms with E-state index in [1.54, 1.807) is 0 Å². The standard InChI is InChI=1S/C15H16ClF2NO/c16-12-3-1-10(2-4-12)14(5-6-14)9-19-13(20)7-11-8-15(11,17)18/h1-4,11H,5-9H2,(H,19,20)/t11-/m1/s1. The number of hydrogen-bond acceptors (Lipinski definition) is 1. The van der Waals surface area contributed by atoms with Crippen LogP contribution < -0.4 is 5.32 Å². The number of carbonyl (C=O) groups is 1. The Bertz CT molecular complexity index is 525. The van der Waals surface area contributed by atoms with Gasteiger partial charge in [-0.25, -0.2) is 8.78 Å². The lowest BCUT2D eigenvalue weighted by Crippen LogP contribution is -2.32. The van der Waals surface area contributed by atoms with Crippen molar-refractivity contribution in [2.75, 3.05) is 6.54 Å². The quantitative estimate of drug-likeness (QED) is 0.885. The fourth-order valence-electron chi connectivity index (χ4n) is 2.58. The van der Waals surface area contributed by atoms with Gasteiger partial charge in [0.25, 0.3) is 5.92 Å². The van der Waals surface area contributed by atoms with Gasteiger partial charge in [-0.05, 0) is 30.5 Å². The van der Waals surface area contributed by atoms with Gasteiger partial charge in [-0.2, -0.15) is 0 Å². The first-order valence-electron chi connectivity index (χ1n) is 6.82. The molecule has 2 fully saturated rings. The van der Waals surface area contributed by atoms with Gasteiger partial charge in [-0.3, -0.25) is 4.79 Å². The van der Waals surface area contributed by atoms with Gasteiger partial charge in [0.2, 0.25) is 5.91 Å². The van der Waals surface area contributed by atoms with E-state index in [9.17, 15) is 13.6 Å². The van der Waals surface area contributed by atoms with Crippen LogP contribution in [0.15, 0.2) is 24.3 Å². The molecule has 0 radical (unpaired) electrons. The third kappa shape index (κ3) is 2.80. The number of nitrogens with one attached hydrogen (secondary N) is 1. The van der Waals surface area contributed by atoms with E-state index >= 15 is 0 Å². The summed E-state index contributed by atoms with van der Waals surface area (Å²) in [7, 11) is 0. The van der Waals surface area contributed by atoms with Gasteiger partial charge in [0, 0.05) is 35.7 Å². The summed E-state index contributed by atoms with van der Waals surface area (Å²) in [6.07, 6.45) is 1.80. The molecule has 2 saturated carbocycles. The fourth-order valence-corrected chi connectivity index (χ4v) is 2.70. The van der Waals surface area contributed by atoms with Crippen molar-refractivity contribution in [3.63, 3.8) is 0 Å². The van der Waals surface area contributed by atoms with Crippen molar-refractivity contribution in [3.05, 3.63) is 34.9 Å². The molecule has 1 aromatic carbocycles. The topological polar surface area (TPSA) is 29.1 Å². The van der Waals surface area contributed by atoms with Gasteiger partial charge in [0.15, 0.2) is 0 Å². The number of rotatable bonds is 5. The lowest BCUT2D eigenvalue weighted by Gasteiger charge is -2.16. The molecule has 0 saturated heterocycles. The summed E-state index contributed by atoms with van der Waals surface area (Å²) in [6.45, 7) is 0.520. The van der Waals surface area contributed by atoms with Crippen LogP contribution >= 0.6 is 11.6 Å². The number of alkyl halides is 2. The number of halogens is 3. The average molecular weight is 300 g/mol. The highest BCUT2D eigenvalue weighted by atomic mass is 35.5. The van der Waals surface area contributed by atoms with Gasteiger partial charge in [-0.15, -0.1) is 0 Å². The highest BCUT2D eigenvalue weighted by molar-refractivity contribution is 6.30. The molecule has 0 aliphatic heterocycles. The summed E-state index contributed by atoms with van der Waals surface area (Å²) in [5, 5.41) is 3.49. The first-order chi connectivity index (χ1) is 9.41. The van der Waals surface area contributed by atoms with E-state index in [0.29, 0.717) is 11.6 Å². The molecule has 20 heavy (non-hydrogen) atoms. The van der Waals surface area contributed by atoms with Gasteiger partial charge in [-0.1, -0.05) is 23.7 Å². The maximum Gasteiger partial charge on any atom is 0.252 e. The molecule has 2 aliphatic carbocycles. The van der Waals surface area contributed by atoms with Gasteiger partial charge >= 0.3 is 0 Å². The van der Waals surface area contributed by atoms with Crippen LogP contribution in [-0.4, -0.2) is 18.4 Å². The van der Waals surface area contributed by atoms with Crippen LogP contribution in [0.3, 0.4) is 0 Å². The minimum absolute atomic E-state index is 0.0215. The summed E-state index contributed by atoms with van der Waals surface area (Å²) in [4.78, 5) is 11.7. The van der Waals surface area contributed by atoms with Crippen molar-refractivity contribution in [2.24, 2.45) is 5.92 Å². The Morgan fingerprint density at radius 3 is 2.40 bits per heavy atom. The number of amides is 1. The van der Waals surface area contributed by atoms with Crippen LogP contribution in [0.2, 0.25) is 5.02 Å². The minimum atomic E-state index is -2.62. The molecule has 3 rings (SSSR count). The maximum atomic E-state index is 12.8. The fraction of sp³-hybridized carbons (Fsp3) is 0.533. The summed E-state index contributed by atoms with van der Waals surface area (Å²) in [5.74, 6) is -3.65. The second-order valence-electron chi connectivity index (χ2n) is 5.93. The molecule has 1 amide bonds. The van der Waals surface area contributed by atoms with Crippen molar-refractivity contribution < 1.29 is 13.6 Å². The van der Waals surface area contributed by atoms with Gasteiger partial charge in [0.05, 0.1) is 0 Å². The number of benzene rings is 1. The second kappa shape index (κ2) is 4.69. The highest BCUT2D eigenvalue weighted by Gasteiger charge is 2.57. The predicted octanol–water partition coefficient (Wildman–Crippen LogP) is 3.53. The number of hydrogen-bond donors (Lipinski definition) is 1. The van der Waals surface area contributed by atoms with E-state index in [1.165, 1.54) is 0 Å². The van der Waals surface area contributed by atoms with Crippen molar-refractivity contribution in [1.29, 1.82) is 0 Å². The molecule has 0 heterocycles. The van der Waals surface area contributed by atoms with Gasteiger partial charge < -0.3 is 5.32 Å². The minimum Gasteiger partial charge on any atom is -0.355 e. The van der Waals surface area contributed by atoms with E-state index in [0.717, 1.165) is 18.4 Å². The molecule has 5 heteroatoms. The summed E-state index contributed by atoms with van der Waals surface area (Å²) < 4.78 is 25.5. The van der Waals surface area contributed by atoms with Crippen LogP contribution in [-0.2, 0) is 10.2 Å². The smallest absolute Gasteiger partial charge is 0.252 e. The van der Waals surface area contributed by atoms with Crippen LogP contribution in [0.25, 0.3) is 0 Å². The largest absolute Gasteiger partial charge is 0.355 e. The summed E-state index contributed by atoms with van der Waals surface area (Å²) in [5.41, 5.74) is 1.13. The molecule has 2 aliphatic rings. The Morgan fingerprint density at radius 2 is 1.90 bits per heavy atom. The Morgan fingerprint density at radius 1 is 1.30 bits per heavy atom. The molecule has 108 valence electrons. The van der Waals surface area contributed by atoms with E-state index in [-0.39, 0.29) is 24.2 Å². The first kappa shape index (κ1) is 13.8. The molecule has 1 atom stereocenters. The zero-order valence-corrected chi connectivity index (χ0v) is 11.7. The second-order valence-corrected chi connectivity index (χ2v) is 6.37. The van der Waals surface area contributed by atoms with E-state index in [1.807, 2.05) is 24.3 Å². The third-order valence-electron chi connectivity index (χ3n) is 4.32. The molecule has 0 bridgehead atoms. The Kier molecular flexibility index (Phi) is 3.24. The normalized spacial score (nSPS) is 25.1.